The fraction of sp³-hybridized carbons (Fsp3) is 0.417. The Morgan fingerprint density at radius 3 is 2.62 bits per heavy atom. The lowest BCUT2D eigenvalue weighted by Crippen LogP contribution is -2.53. The van der Waals surface area contributed by atoms with Crippen molar-refractivity contribution >= 4 is 11.7 Å². The number of hydrogen-bond acceptors (Lipinski definition) is 4. The highest BCUT2D eigenvalue weighted by Gasteiger charge is 2.43. The maximum Gasteiger partial charge on any atom is 0.260 e. The molecule has 0 unspecified atom stereocenters. The molecule has 0 N–H and O–H groups in total. The molecule has 152 valence electrons. The van der Waals surface area contributed by atoms with Crippen molar-refractivity contribution in [3.8, 4) is 11.5 Å². The molecule has 1 fully saturated rings. The van der Waals surface area contributed by atoms with Crippen LogP contribution in [0.3, 0.4) is 0 Å². The van der Waals surface area contributed by atoms with Crippen molar-refractivity contribution < 1.29 is 19.1 Å². The van der Waals surface area contributed by atoms with Gasteiger partial charge < -0.3 is 14.4 Å². The lowest BCUT2D eigenvalue weighted by molar-refractivity contribution is -0.136. The van der Waals surface area contributed by atoms with Crippen LogP contribution in [-0.4, -0.2) is 41.9 Å². The summed E-state index contributed by atoms with van der Waals surface area (Å²) in [7, 11) is 0. The number of likely N-dealkylation sites (tertiary alicyclic amines) is 1. The number of aryl methyl sites for hydroxylation is 2. The molecule has 5 nitrogen and oxygen atoms in total. The van der Waals surface area contributed by atoms with Crippen LogP contribution in [0.15, 0.2) is 36.4 Å². The highest BCUT2D eigenvalue weighted by atomic mass is 16.5. The summed E-state index contributed by atoms with van der Waals surface area (Å²) in [4.78, 5) is 27.0. The van der Waals surface area contributed by atoms with Gasteiger partial charge in [-0.05, 0) is 55.7 Å². The van der Waals surface area contributed by atoms with Gasteiger partial charge in [-0.2, -0.15) is 0 Å². The van der Waals surface area contributed by atoms with Gasteiger partial charge >= 0.3 is 0 Å². The summed E-state index contributed by atoms with van der Waals surface area (Å²) in [6.45, 7) is 7.25. The molecule has 2 aliphatic heterocycles. The van der Waals surface area contributed by atoms with E-state index < -0.39 is 5.60 Å². The van der Waals surface area contributed by atoms with Crippen LogP contribution >= 0.6 is 0 Å². The number of piperidine rings is 1. The molecular formula is C24H27NO4. The highest BCUT2D eigenvalue weighted by Crippen LogP contribution is 2.39. The van der Waals surface area contributed by atoms with Crippen LogP contribution in [-0.2, 0) is 4.79 Å². The number of carbonyl (C=O) groups excluding carboxylic acids is 2. The number of fused-ring (bicyclic) bond motifs is 1. The monoisotopic (exact) mass is 393 g/mol. The molecule has 0 aliphatic carbocycles. The zero-order valence-electron chi connectivity index (χ0n) is 17.3. The summed E-state index contributed by atoms with van der Waals surface area (Å²) < 4.78 is 12.1. The summed E-state index contributed by atoms with van der Waals surface area (Å²) in [5.41, 5.74) is 3.51. The molecule has 5 heteroatoms. The fourth-order valence-electron chi connectivity index (χ4n) is 4.27. The van der Waals surface area contributed by atoms with Crippen molar-refractivity contribution in [2.75, 3.05) is 19.7 Å². The molecule has 0 bridgehead atoms. The minimum Gasteiger partial charge on any atom is -0.486 e. The van der Waals surface area contributed by atoms with Crippen molar-refractivity contribution in [1.29, 1.82) is 0 Å². The van der Waals surface area contributed by atoms with E-state index in [0.29, 0.717) is 43.7 Å². The van der Waals surface area contributed by atoms with E-state index in [1.165, 1.54) is 0 Å². The smallest absolute Gasteiger partial charge is 0.260 e. The molecule has 2 aromatic carbocycles. The number of benzene rings is 2. The second-order valence-corrected chi connectivity index (χ2v) is 8.26. The molecular weight excluding hydrogens is 366 g/mol. The first-order valence-corrected chi connectivity index (χ1v) is 10.2. The molecule has 0 saturated carbocycles. The van der Waals surface area contributed by atoms with Gasteiger partial charge in [0.2, 0.25) is 0 Å². The van der Waals surface area contributed by atoms with Crippen LogP contribution in [0.4, 0.5) is 0 Å². The van der Waals surface area contributed by atoms with E-state index in [-0.39, 0.29) is 18.3 Å². The number of Topliss-reactive ketones (excluding diaryl/α,β-unsaturated/α-hetero) is 1. The highest BCUT2D eigenvalue weighted by molar-refractivity contribution is 6.00. The molecule has 29 heavy (non-hydrogen) atoms. The Balaban J connectivity index is 1.37. The zero-order chi connectivity index (χ0) is 20.6. The second kappa shape index (κ2) is 7.54. The number of ether oxygens (including phenoxy) is 2. The summed E-state index contributed by atoms with van der Waals surface area (Å²) >= 11 is 0. The quantitative estimate of drug-likeness (QED) is 0.790. The first kappa shape index (κ1) is 19.5. The first-order chi connectivity index (χ1) is 13.9. The minimum absolute atomic E-state index is 0.0269. The van der Waals surface area contributed by atoms with Crippen molar-refractivity contribution in [3.05, 3.63) is 58.7 Å². The Hall–Kier alpha value is -2.82. The number of nitrogens with zero attached hydrogens (tertiary/aromatic N) is 1. The van der Waals surface area contributed by atoms with Gasteiger partial charge in [-0.25, -0.2) is 0 Å². The Kier molecular flexibility index (Phi) is 5.07. The summed E-state index contributed by atoms with van der Waals surface area (Å²) in [6.07, 6.45) is 1.69. The number of amides is 1. The second-order valence-electron chi connectivity index (χ2n) is 8.26. The molecule has 2 aromatic rings. The van der Waals surface area contributed by atoms with Crippen LogP contribution in [0.1, 0.15) is 46.3 Å². The van der Waals surface area contributed by atoms with Crippen molar-refractivity contribution in [2.45, 2.75) is 45.6 Å². The number of rotatable bonds is 3. The van der Waals surface area contributed by atoms with Crippen LogP contribution in [0.25, 0.3) is 0 Å². The Morgan fingerprint density at radius 1 is 1.14 bits per heavy atom. The van der Waals surface area contributed by atoms with Gasteiger partial charge in [0, 0.05) is 25.9 Å². The molecule has 0 radical (unpaired) electrons. The molecule has 4 rings (SSSR count). The summed E-state index contributed by atoms with van der Waals surface area (Å²) in [5.74, 6) is 1.53. The Labute approximate surface area is 171 Å². The van der Waals surface area contributed by atoms with E-state index in [9.17, 15) is 9.59 Å². The normalized spacial score (nSPS) is 17.6. The summed E-state index contributed by atoms with van der Waals surface area (Å²) in [6, 6.07) is 11.5. The topological polar surface area (TPSA) is 55.8 Å². The van der Waals surface area contributed by atoms with Gasteiger partial charge in [0.1, 0.15) is 17.1 Å². The first-order valence-electron chi connectivity index (χ1n) is 10.2. The van der Waals surface area contributed by atoms with Crippen LogP contribution in [0.2, 0.25) is 0 Å². The SMILES string of the molecule is Cc1cc(C)c(C)c(OCC(=O)N2CCC3(CC2)CC(=O)c2ccccc2O3)c1. The molecule has 2 aliphatic rings. The van der Waals surface area contributed by atoms with Crippen LogP contribution in [0.5, 0.6) is 11.5 Å². The fourth-order valence-corrected chi connectivity index (χ4v) is 4.27. The third-order valence-electron chi connectivity index (χ3n) is 6.14. The van der Waals surface area contributed by atoms with Crippen LogP contribution < -0.4 is 9.47 Å². The van der Waals surface area contributed by atoms with E-state index in [2.05, 4.69) is 6.07 Å². The Bertz CT molecular complexity index is 957. The number of carbonyl (C=O) groups is 2. The van der Waals surface area contributed by atoms with Gasteiger partial charge in [0.05, 0.1) is 12.0 Å². The lowest BCUT2D eigenvalue weighted by Gasteiger charge is -2.43. The third-order valence-corrected chi connectivity index (χ3v) is 6.14. The lowest BCUT2D eigenvalue weighted by atomic mass is 9.82. The number of para-hydroxylation sites is 1. The van der Waals surface area contributed by atoms with Gasteiger partial charge in [0.25, 0.3) is 5.91 Å². The van der Waals surface area contributed by atoms with E-state index in [1.807, 2.05) is 56.0 Å². The molecule has 1 amide bonds. The third kappa shape index (κ3) is 3.86. The van der Waals surface area contributed by atoms with Crippen molar-refractivity contribution in [1.82, 2.24) is 4.90 Å². The standard InChI is InChI=1S/C24H27NO4/c1-16-12-17(2)18(3)22(13-16)28-15-23(27)25-10-8-24(9-11-25)14-20(26)19-6-4-5-7-21(19)29-24/h4-7,12-13H,8-11,14-15H2,1-3H3. The van der Waals surface area contributed by atoms with Gasteiger partial charge in [0.15, 0.2) is 12.4 Å². The predicted molar refractivity (Wildman–Crippen MR) is 111 cm³/mol. The van der Waals surface area contributed by atoms with E-state index in [4.69, 9.17) is 9.47 Å². The summed E-state index contributed by atoms with van der Waals surface area (Å²) in [5, 5.41) is 0. The zero-order valence-corrected chi connectivity index (χ0v) is 17.3. The minimum atomic E-state index is -0.493. The maximum absolute atomic E-state index is 12.7. The van der Waals surface area contributed by atoms with Gasteiger partial charge in [-0.1, -0.05) is 18.2 Å². The number of hydrogen-bond donors (Lipinski definition) is 0. The van der Waals surface area contributed by atoms with Gasteiger partial charge in [-0.15, -0.1) is 0 Å². The molecule has 1 spiro atoms. The average molecular weight is 393 g/mol. The molecule has 1 saturated heterocycles. The maximum atomic E-state index is 12.7. The van der Waals surface area contributed by atoms with E-state index >= 15 is 0 Å². The molecule has 0 atom stereocenters. The van der Waals surface area contributed by atoms with E-state index in [1.54, 1.807) is 0 Å². The predicted octanol–water partition coefficient (Wildman–Crippen LogP) is 4.02. The van der Waals surface area contributed by atoms with E-state index in [0.717, 1.165) is 22.4 Å². The largest absolute Gasteiger partial charge is 0.486 e. The number of ketones is 1. The average Bonchev–Trinajstić information content (AvgIpc) is 2.70. The Morgan fingerprint density at radius 2 is 1.86 bits per heavy atom. The van der Waals surface area contributed by atoms with Crippen LogP contribution in [0, 0.1) is 20.8 Å². The van der Waals surface area contributed by atoms with Crippen molar-refractivity contribution in [3.63, 3.8) is 0 Å². The molecule has 0 aromatic heterocycles. The molecule has 2 heterocycles. The van der Waals surface area contributed by atoms with Gasteiger partial charge in [-0.3, -0.25) is 9.59 Å². The van der Waals surface area contributed by atoms with Crippen molar-refractivity contribution in [2.24, 2.45) is 0 Å².